The Labute approximate surface area is 106 Å². The van der Waals surface area contributed by atoms with Gasteiger partial charge in [0.25, 0.3) is 0 Å². The number of rotatable bonds is 9. The molecule has 0 fully saturated rings. The summed E-state index contributed by atoms with van der Waals surface area (Å²) in [5.41, 5.74) is -0.605. The summed E-state index contributed by atoms with van der Waals surface area (Å²) in [6, 6.07) is 0. The van der Waals surface area contributed by atoms with Crippen LogP contribution in [0.25, 0.3) is 0 Å². The largest absolute Gasteiger partial charge is 0.464 e. The van der Waals surface area contributed by atoms with Gasteiger partial charge in [0.05, 0.1) is 5.73 Å². The third-order valence-corrected chi connectivity index (χ3v) is 5.61. The molecule has 17 heavy (non-hydrogen) atoms. The van der Waals surface area contributed by atoms with Crippen LogP contribution in [-0.2, 0) is 19.0 Å². The third-order valence-electron chi connectivity index (χ3n) is 2.88. The SMILES string of the molecule is C=CC(=O)OC(CCC)[SiH2]C(CC)(OC)OC. The van der Waals surface area contributed by atoms with E-state index in [1.54, 1.807) is 14.2 Å². The molecular weight excluding hydrogens is 236 g/mol. The molecule has 0 bridgehead atoms. The van der Waals surface area contributed by atoms with Gasteiger partial charge in [-0.15, -0.1) is 0 Å². The number of esters is 1. The molecule has 0 radical (unpaired) electrons. The van der Waals surface area contributed by atoms with Crippen molar-refractivity contribution in [3.8, 4) is 0 Å². The molecule has 0 aliphatic heterocycles. The number of methoxy groups -OCH3 is 2. The Hall–Kier alpha value is -0.653. The normalized spacial score (nSPS) is 13.9. The van der Waals surface area contributed by atoms with E-state index in [4.69, 9.17) is 14.2 Å². The van der Waals surface area contributed by atoms with Gasteiger partial charge >= 0.3 is 5.97 Å². The van der Waals surface area contributed by atoms with E-state index < -0.39 is 14.9 Å². The quantitative estimate of drug-likeness (QED) is 0.272. The number of hydrogen-bond acceptors (Lipinski definition) is 4. The molecule has 0 aromatic carbocycles. The molecule has 0 aromatic heterocycles. The first-order chi connectivity index (χ1) is 8.07. The molecule has 0 aliphatic rings. The first-order valence-electron chi connectivity index (χ1n) is 6.00. The maximum absolute atomic E-state index is 11.2. The van der Waals surface area contributed by atoms with Crippen molar-refractivity contribution in [1.82, 2.24) is 0 Å². The van der Waals surface area contributed by atoms with Crippen LogP contribution >= 0.6 is 0 Å². The van der Waals surface area contributed by atoms with Gasteiger partial charge < -0.3 is 14.2 Å². The summed E-state index contributed by atoms with van der Waals surface area (Å²) >= 11 is 0. The Kier molecular flexibility index (Phi) is 8.12. The van der Waals surface area contributed by atoms with Crippen LogP contribution in [0.1, 0.15) is 33.1 Å². The van der Waals surface area contributed by atoms with Crippen molar-refractivity contribution in [2.75, 3.05) is 14.2 Å². The van der Waals surface area contributed by atoms with Gasteiger partial charge in [0, 0.05) is 20.3 Å². The highest BCUT2D eigenvalue weighted by atomic mass is 28.2. The van der Waals surface area contributed by atoms with Crippen LogP contribution in [0.4, 0.5) is 0 Å². The second kappa shape index (κ2) is 8.44. The zero-order valence-electron chi connectivity index (χ0n) is 11.3. The summed E-state index contributed by atoms with van der Waals surface area (Å²) < 4.78 is 16.2. The van der Waals surface area contributed by atoms with Crippen molar-refractivity contribution in [3.05, 3.63) is 12.7 Å². The Morgan fingerprint density at radius 2 is 2.00 bits per heavy atom. The maximum atomic E-state index is 11.2. The number of hydrogen-bond donors (Lipinski definition) is 0. The smallest absolute Gasteiger partial charge is 0.330 e. The predicted molar refractivity (Wildman–Crippen MR) is 70.6 cm³/mol. The summed E-state index contributed by atoms with van der Waals surface area (Å²) in [6.07, 6.45) is 3.78. The average Bonchev–Trinajstić information content (AvgIpc) is 2.36. The molecule has 0 rings (SSSR count). The van der Waals surface area contributed by atoms with E-state index in [-0.39, 0.29) is 11.7 Å². The van der Waals surface area contributed by atoms with E-state index in [0.717, 1.165) is 19.3 Å². The predicted octanol–water partition coefficient (Wildman–Crippen LogP) is 1.37. The molecule has 100 valence electrons. The van der Waals surface area contributed by atoms with Gasteiger partial charge in [-0.25, -0.2) is 4.79 Å². The minimum absolute atomic E-state index is 0.0645. The van der Waals surface area contributed by atoms with Crippen LogP contribution in [0.2, 0.25) is 0 Å². The van der Waals surface area contributed by atoms with Crippen molar-refractivity contribution in [3.63, 3.8) is 0 Å². The van der Waals surface area contributed by atoms with E-state index in [1.807, 2.05) is 6.92 Å². The Morgan fingerprint density at radius 1 is 1.41 bits per heavy atom. The lowest BCUT2D eigenvalue weighted by molar-refractivity contribution is -0.153. The summed E-state index contributed by atoms with van der Waals surface area (Å²) in [5.74, 6) is -0.367. The monoisotopic (exact) mass is 260 g/mol. The fourth-order valence-corrected chi connectivity index (χ4v) is 3.94. The fraction of sp³-hybridized carbons (Fsp3) is 0.750. The van der Waals surface area contributed by atoms with Crippen molar-refractivity contribution >= 4 is 15.5 Å². The van der Waals surface area contributed by atoms with E-state index >= 15 is 0 Å². The zero-order valence-corrected chi connectivity index (χ0v) is 12.7. The Morgan fingerprint density at radius 3 is 2.35 bits per heavy atom. The van der Waals surface area contributed by atoms with Gasteiger partial charge in [0.2, 0.25) is 0 Å². The van der Waals surface area contributed by atoms with Gasteiger partial charge in [0.1, 0.15) is 14.9 Å². The molecule has 0 N–H and O–H groups in total. The molecule has 0 saturated carbocycles. The maximum Gasteiger partial charge on any atom is 0.330 e. The summed E-state index contributed by atoms with van der Waals surface area (Å²) in [5, 5.41) is 0. The highest BCUT2D eigenvalue weighted by Gasteiger charge is 2.33. The van der Waals surface area contributed by atoms with E-state index in [1.165, 1.54) is 6.08 Å². The van der Waals surface area contributed by atoms with E-state index in [0.29, 0.717) is 0 Å². The summed E-state index contributed by atoms with van der Waals surface area (Å²) in [4.78, 5) is 11.2. The van der Waals surface area contributed by atoms with E-state index in [2.05, 4.69) is 13.5 Å². The molecule has 0 aromatic rings. The lowest BCUT2D eigenvalue weighted by Gasteiger charge is -2.32. The van der Waals surface area contributed by atoms with E-state index in [9.17, 15) is 4.79 Å². The minimum Gasteiger partial charge on any atom is -0.464 e. The van der Waals surface area contributed by atoms with Crippen LogP contribution in [0, 0.1) is 0 Å². The van der Waals surface area contributed by atoms with Gasteiger partial charge in [0.15, 0.2) is 0 Å². The molecular formula is C12H24O4Si. The number of carbonyl (C=O) groups is 1. The number of ether oxygens (including phenoxy) is 3. The molecule has 0 amide bonds. The molecule has 1 atom stereocenters. The second-order valence-corrected chi connectivity index (χ2v) is 6.32. The van der Waals surface area contributed by atoms with Gasteiger partial charge in [-0.1, -0.05) is 26.8 Å². The van der Waals surface area contributed by atoms with Gasteiger partial charge in [-0.3, -0.25) is 0 Å². The lowest BCUT2D eigenvalue weighted by atomic mass is 10.3. The molecule has 0 saturated heterocycles. The molecule has 5 heteroatoms. The first-order valence-corrected chi connectivity index (χ1v) is 7.53. The van der Waals surface area contributed by atoms with Crippen LogP contribution in [0.5, 0.6) is 0 Å². The molecule has 4 nitrogen and oxygen atoms in total. The van der Waals surface area contributed by atoms with Crippen LogP contribution in [0.15, 0.2) is 12.7 Å². The minimum atomic E-state index is -0.866. The Bertz CT molecular complexity index is 230. The van der Waals surface area contributed by atoms with Crippen molar-refractivity contribution in [2.24, 2.45) is 0 Å². The lowest BCUT2D eigenvalue weighted by Crippen LogP contribution is -2.46. The highest BCUT2D eigenvalue weighted by Crippen LogP contribution is 2.18. The van der Waals surface area contributed by atoms with Gasteiger partial charge in [-0.2, -0.15) is 0 Å². The molecule has 0 aliphatic carbocycles. The Balaban J connectivity index is 4.59. The first kappa shape index (κ1) is 16.3. The number of carbonyl (C=O) groups excluding carboxylic acids is 1. The van der Waals surface area contributed by atoms with Crippen LogP contribution in [-0.4, -0.2) is 40.8 Å². The third kappa shape index (κ3) is 5.47. The van der Waals surface area contributed by atoms with Crippen LogP contribution in [0.3, 0.4) is 0 Å². The van der Waals surface area contributed by atoms with Crippen LogP contribution < -0.4 is 0 Å². The standard InChI is InChI=1S/C12H24O4Si/c1-6-9-11(16-10(13)7-2)17-12(8-3,14-4)15-5/h7,11H,2,6,8-9,17H2,1,3-5H3. The summed E-state index contributed by atoms with van der Waals surface area (Å²) in [6.45, 7) is 7.49. The van der Waals surface area contributed by atoms with Crippen molar-refractivity contribution in [2.45, 2.75) is 44.2 Å². The molecule has 0 spiro atoms. The molecule has 1 unspecified atom stereocenters. The highest BCUT2D eigenvalue weighted by molar-refractivity contribution is 6.41. The topological polar surface area (TPSA) is 44.8 Å². The van der Waals surface area contributed by atoms with Crippen molar-refractivity contribution < 1.29 is 19.0 Å². The average molecular weight is 260 g/mol. The summed E-state index contributed by atoms with van der Waals surface area (Å²) in [7, 11) is 2.41. The van der Waals surface area contributed by atoms with Gasteiger partial charge in [-0.05, 0) is 12.8 Å². The second-order valence-electron chi connectivity index (χ2n) is 3.93. The zero-order chi connectivity index (χ0) is 13.3. The fourth-order valence-electron chi connectivity index (χ4n) is 1.77. The van der Waals surface area contributed by atoms with Crippen molar-refractivity contribution in [1.29, 1.82) is 0 Å². The molecule has 0 heterocycles.